The van der Waals surface area contributed by atoms with E-state index in [4.69, 9.17) is 23.2 Å². The van der Waals surface area contributed by atoms with Crippen molar-refractivity contribution in [1.82, 2.24) is 4.72 Å². The van der Waals surface area contributed by atoms with Crippen molar-refractivity contribution in [3.63, 3.8) is 0 Å². The van der Waals surface area contributed by atoms with Crippen molar-refractivity contribution in [2.45, 2.75) is 13.0 Å². The third-order valence-corrected chi connectivity index (χ3v) is 4.95. The van der Waals surface area contributed by atoms with Gasteiger partial charge in [-0.1, -0.05) is 53.5 Å². The number of rotatable bonds is 6. The van der Waals surface area contributed by atoms with E-state index in [0.29, 0.717) is 16.5 Å². The van der Waals surface area contributed by atoms with E-state index >= 15 is 0 Å². The number of aryl methyl sites for hydroxylation is 1. The lowest BCUT2D eigenvalue weighted by molar-refractivity contribution is 0.580. The lowest BCUT2D eigenvalue weighted by Gasteiger charge is -2.08. The number of halogens is 2. The molecule has 0 atom stereocenters. The highest BCUT2D eigenvalue weighted by Gasteiger charge is 2.11. The number of hydrogen-bond donors (Lipinski definition) is 1. The molecule has 0 bridgehead atoms. The van der Waals surface area contributed by atoms with Crippen molar-refractivity contribution < 1.29 is 8.42 Å². The van der Waals surface area contributed by atoms with Gasteiger partial charge in [0.2, 0.25) is 10.0 Å². The summed E-state index contributed by atoms with van der Waals surface area (Å²) in [6.45, 7) is 0.252. The van der Waals surface area contributed by atoms with Crippen LogP contribution in [0.5, 0.6) is 0 Å². The fraction of sp³-hybridized carbons (Fsp3) is 0.200. The number of hydrogen-bond acceptors (Lipinski definition) is 2. The standard InChI is InChI=1S/C15H15Cl2NO2S/c16-14-7-5-12(6-8-14)11-18-21(19,20)10-9-13-3-1-2-4-15(13)17/h1-8,18H,9-11H2. The minimum Gasteiger partial charge on any atom is -0.212 e. The van der Waals surface area contributed by atoms with Crippen LogP contribution < -0.4 is 4.72 Å². The highest BCUT2D eigenvalue weighted by molar-refractivity contribution is 7.89. The molecule has 112 valence electrons. The summed E-state index contributed by atoms with van der Waals surface area (Å²) in [5, 5.41) is 1.21. The summed E-state index contributed by atoms with van der Waals surface area (Å²) in [5.41, 5.74) is 1.69. The van der Waals surface area contributed by atoms with Crippen LogP contribution in [0.2, 0.25) is 10.0 Å². The van der Waals surface area contributed by atoms with Crippen molar-refractivity contribution >= 4 is 33.2 Å². The molecule has 0 aliphatic heterocycles. The minimum atomic E-state index is -3.35. The zero-order chi connectivity index (χ0) is 15.3. The first-order valence-corrected chi connectivity index (χ1v) is 8.82. The molecule has 0 saturated heterocycles. The second-order valence-electron chi connectivity index (χ2n) is 4.61. The van der Waals surface area contributed by atoms with Gasteiger partial charge in [0.15, 0.2) is 0 Å². The van der Waals surface area contributed by atoms with Crippen molar-refractivity contribution in [2.24, 2.45) is 0 Å². The van der Waals surface area contributed by atoms with Gasteiger partial charge in [-0.3, -0.25) is 0 Å². The second kappa shape index (κ2) is 7.27. The molecule has 0 fully saturated rings. The van der Waals surface area contributed by atoms with E-state index in [-0.39, 0.29) is 12.3 Å². The molecule has 2 aromatic carbocycles. The molecule has 0 heterocycles. The first-order chi connectivity index (χ1) is 9.96. The maximum atomic E-state index is 12.0. The summed E-state index contributed by atoms with van der Waals surface area (Å²) in [7, 11) is -3.35. The number of sulfonamides is 1. The van der Waals surface area contributed by atoms with E-state index < -0.39 is 10.0 Å². The van der Waals surface area contributed by atoms with Crippen LogP contribution in [0.4, 0.5) is 0 Å². The third-order valence-electron chi connectivity index (χ3n) is 3.01. The fourth-order valence-electron chi connectivity index (χ4n) is 1.81. The summed E-state index contributed by atoms with van der Waals surface area (Å²) in [6.07, 6.45) is 0.385. The first kappa shape index (κ1) is 16.3. The summed E-state index contributed by atoms with van der Waals surface area (Å²) in [6, 6.07) is 14.3. The van der Waals surface area contributed by atoms with Crippen LogP contribution in [0.25, 0.3) is 0 Å². The predicted octanol–water partition coefficient (Wildman–Crippen LogP) is 3.66. The molecule has 0 aliphatic carbocycles. The van der Waals surface area contributed by atoms with Crippen LogP contribution in [0.15, 0.2) is 48.5 Å². The quantitative estimate of drug-likeness (QED) is 0.869. The lowest BCUT2D eigenvalue weighted by atomic mass is 10.2. The average molecular weight is 344 g/mol. The summed E-state index contributed by atoms with van der Waals surface area (Å²) >= 11 is 11.8. The van der Waals surface area contributed by atoms with Gasteiger partial charge in [0.05, 0.1) is 5.75 Å². The molecule has 0 unspecified atom stereocenters. The molecule has 6 heteroatoms. The van der Waals surface area contributed by atoms with Gasteiger partial charge >= 0.3 is 0 Å². The van der Waals surface area contributed by atoms with Crippen molar-refractivity contribution in [1.29, 1.82) is 0 Å². The Morgan fingerprint density at radius 2 is 1.62 bits per heavy atom. The van der Waals surface area contributed by atoms with E-state index in [1.165, 1.54) is 0 Å². The number of benzene rings is 2. The second-order valence-corrected chi connectivity index (χ2v) is 7.38. The maximum Gasteiger partial charge on any atom is 0.212 e. The molecular formula is C15H15Cl2NO2S. The monoisotopic (exact) mass is 343 g/mol. The summed E-state index contributed by atoms with van der Waals surface area (Å²) in [5.74, 6) is 0.00429. The first-order valence-electron chi connectivity index (χ1n) is 6.41. The van der Waals surface area contributed by atoms with Crippen LogP contribution in [0.3, 0.4) is 0 Å². The Bertz CT molecular complexity index is 700. The summed E-state index contributed by atoms with van der Waals surface area (Å²) < 4.78 is 26.5. The molecule has 21 heavy (non-hydrogen) atoms. The smallest absolute Gasteiger partial charge is 0.212 e. The molecule has 0 spiro atoms. The molecule has 2 aromatic rings. The predicted molar refractivity (Wildman–Crippen MR) is 87.2 cm³/mol. The van der Waals surface area contributed by atoms with Crippen LogP contribution in [-0.2, 0) is 23.0 Å². The Kier molecular flexibility index (Phi) is 5.65. The summed E-state index contributed by atoms with van der Waals surface area (Å²) in [4.78, 5) is 0. The van der Waals surface area contributed by atoms with Crippen LogP contribution in [-0.4, -0.2) is 14.2 Å². The van der Waals surface area contributed by atoms with Gasteiger partial charge in [-0.15, -0.1) is 0 Å². The van der Waals surface area contributed by atoms with E-state index in [2.05, 4.69) is 4.72 Å². The van der Waals surface area contributed by atoms with Gasteiger partial charge in [0.25, 0.3) is 0 Å². The Hall–Kier alpha value is -1.07. The topological polar surface area (TPSA) is 46.2 Å². The maximum absolute atomic E-state index is 12.0. The largest absolute Gasteiger partial charge is 0.212 e. The Morgan fingerprint density at radius 1 is 0.952 bits per heavy atom. The van der Waals surface area contributed by atoms with Crippen LogP contribution >= 0.6 is 23.2 Å². The zero-order valence-electron chi connectivity index (χ0n) is 11.2. The lowest BCUT2D eigenvalue weighted by Crippen LogP contribution is -2.26. The fourth-order valence-corrected chi connectivity index (χ4v) is 3.19. The van der Waals surface area contributed by atoms with Gasteiger partial charge < -0.3 is 0 Å². The minimum absolute atomic E-state index is 0.00429. The van der Waals surface area contributed by atoms with Crippen LogP contribution in [0, 0.1) is 0 Å². The van der Waals surface area contributed by atoms with E-state index in [9.17, 15) is 8.42 Å². The highest BCUT2D eigenvalue weighted by atomic mass is 35.5. The van der Waals surface area contributed by atoms with Gasteiger partial charge in [-0.05, 0) is 35.7 Å². The normalized spacial score (nSPS) is 11.5. The molecule has 0 amide bonds. The third kappa shape index (κ3) is 5.32. The van der Waals surface area contributed by atoms with Crippen molar-refractivity contribution in [3.8, 4) is 0 Å². The SMILES string of the molecule is O=S(=O)(CCc1ccccc1Cl)NCc1ccc(Cl)cc1. The van der Waals surface area contributed by atoms with Gasteiger partial charge in [-0.2, -0.15) is 0 Å². The molecule has 1 N–H and O–H groups in total. The van der Waals surface area contributed by atoms with Crippen molar-refractivity contribution in [2.75, 3.05) is 5.75 Å². The Balaban J connectivity index is 1.90. The molecule has 0 radical (unpaired) electrons. The molecular weight excluding hydrogens is 329 g/mol. The number of nitrogens with one attached hydrogen (secondary N) is 1. The van der Waals surface area contributed by atoms with Gasteiger partial charge in [-0.25, -0.2) is 13.1 Å². The molecule has 0 aromatic heterocycles. The van der Waals surface area contributed by atoms with E-state index in [0.717, 1.165) is 11.1 Å². The van der Waals surface area contributed by atoms with E-state index in [1.807, 2.05) is 18.2 Å². The van der Waals surface area contributed by atoms with Gasteiger partial charge in [0, 0.05) is 16.6 Å². The molecule has 3 nitrogen and oxygen atoms in total. The Labute approximate surface area is 135 Å². The molecule has 0 aliphatic rings. The van der Waals surface area contributed by atoms with Crippen LogP contribution in [0.1, 0.15) is 11.1 Å². The van der Waals surface area contributed by atoms with Gasteiger partial charge in [0.1, 0.15) is 0 Å². The molecule has 2 rings (SSSR count). The van der Waals surface area contributed by atoms with E-state index in [1.54, 1.807) is 30.3 Å². The van der Waals surface area contributed by atoms with Crippen molar-refractivity contribution in [3.05, 3.63) is 69.7 Å². The molecule has 0 saturated carbocycles. The Morgan fingerprint density at radius 3 is 2.29 bits per heavy atom. The highest BCUT2D eigenvalue weighted by Crippen LogP contribution is 2.16. The average Bonchev–Trinajstić information content (AvgIpc) is 2.46. The zero-order valence-corrected chi connectivity index (χ0v) is 13.5.